The lowest BCUT2D eigenvalue weighted by Gasteiger charge is -2.40. The van der Waals surface area contributed by atoms with E-state index >= 15 is 0 Å². The van der Waals surface area contributed by atoms with Gasteiger partial charge in [-0.3, -0.25) is 0 Å². The third-order valence-corrected chi connectivity index (χ3v) is 4.38. The highest BCUT2D eigenvalue weighted by Gasteiger charge is 2.36. The van der Waals surface area contributed by atoms with Crippen molar-refractivity contribution in [3.63, 3.8) is 0 Å². The predicted octanol–water partition coefficient (Wildman–Crippen LogP) is 3.55. The molecule has 0 aromatic rings. The smallest absolute Gasteiger partial charge is 0.0842 e. The van der Waals surface area contributed by atoms with E-state index in [0.717, 1.165) is 13.0 Å². The van der Waals surface area contributed by atoms with E-state index in [9.17, 15) is 0 Å². The SMILES string of the molecule is CC1(C(N)C2=CCCCCCC2)CCCCO1. The summed E-state index contributed by atoms with van der Waals surface area (Å²) in [4.78, 5) is 0. The van der Waals surface area contributed by atoms with Gasteiger partial charge in [0.05, 0.1) is 11.6 Å². The lowest BCUT2D eigenvalue weighted by atomic mass is 9.82. The largest absolute Gasteiger partial charge is 0.373 e. The Labute approximate surface area is 106 Å². The van der Waals surface area contributed by atoms with E-state index in [2.05, 4.69) is 13.0 Å². The molecule has 0 spiro atoms. The Morgan fingerprint density at radius 1 is 1.18 bits per heavy atom. The second-order valence-corrected chi connectivity index (χ2v) is 5.83. The van der Waals surface area contributed by atoms with E-state index in [0.29, 0.717) is 0 Å². The van der Waals surface area contributed by atoms with Crippen LogP contribution in [0.15, 0.2) is 11.6 Å². The van der Waals surface area contributed by atoms with E-state index in [-0.39, 0.29) is 11.6 Å². The van der Waals surface area contributed by atoms with Gasteiger partial charge < -0.3 is 10.5 Å². The third kappa shape index (κ3) is 3.32. The minimum atomic E-state index is -0.108. The lowest BCUT2D eigenvalue weighted by molar-refractivity contribution is -0.0747. The molecule has 2 aliphatic rings. The zero-order chi connectivity index (χ0) is 12.1. The summed E-state index contributed by atoms with van der Waals surface area (Å²) in [7, 11) is 0. The van der Waals surface area contributed by atoms with E-state index in [1.165, 1.54) is 56.9 Å². The van der Waals surface area contributed by atoms with Gasteiger partial charge in [0.15, 0.2) is 0 Å². The van der Waals surface area contributed by atoms with E-state index < -0.39 is 0 Å². The van der Waals surface area contributed by atoms with Crippen LogP contribution in [0.25, 0.3) is 0 Å². The molecule has 2 heteroatoms. The Kier molecular flexibility index (Phi) is 4.63. The molecule has 0 bridgehead atoms. The summed E-state index contributed by atoms with van der Waals surface area (Å²) in [5.41, 5.74) is 7.83. The minimum Gasteiger partial charge on any atom is -0.373 e. The van der Waals surface area contributed by atoms with Crippen molar-refractivity contribution in [2.24, 2.45) is 5.73 Å². The summed E-state index contributed by atoms with van der Waals surface area (Å²) in [6.45, 7) is 3.09. The van der Waals surface area contributed by atoms with Crippen LogP contribution in [-0.4, -0.2) is 18.2 Å². The summed E-state index contributed by atoms with van der Waals surface area (Å²) in [5.74, 6) is 0. The van der Waals surface area contributed by atoms with Crippen molar-refractivity contribution in [2.75, 3.05) is 6.61 Å². The van der Waals surface area contributed by atoms with Crippen LogP contribution in [0.5, 0.6) is 0 Å². The molecular formula is C15H27NO. The fraction of sp³-hybridized carbons (Fsp3) is 0.867. The highest BCUT2D eigenvalue weighted by molar-refractivity contribution is 5.17. The normalized spacial score (nSPS) is 33.4. The molecule has 2 atom stereocenters. The molecule has 1 aliphatic heterocycles. The number of rotatable bonds is 2. The molecule has 0 saturated carbocycles. The van der Waals surface area contributed by atoms with Crippen LogP contribution < -0.4 is 5.73 Å². The monoisotopic (exact) mass is 237 g/mol. The molecule has 1 saturated heterocycles. The van der Waals surface area contributed by atoms with Gasteiger partial charge in [-0.15, -0.1) is 0 Å². The van der Waals surface area contributed by atoms with E-state index in [4.69, 9.17) is 10.5 Å². The Balaban J connectivity index is 2.03. The number of nitrogens with two attached hydrogens (primary N) is 1. The molecule has 98 valence electrons. The standard InChI is InChI=1S/C15H27NO/c1-15(11-7-8-12-17-15)14(16)13-9-5-3-2-4-6-10-13/h9,14H,2-8,10-12,16H2,1H3. The van der Waals surface area contributed by atoms with Gasteiger partial charge in [-0.1, -0.05) is 24.5 Å². The first kappa shape index (κ1) is 13.1. The Morgan fingerprint density at radius 2 is 2.00 bits per heavy atom. The molecule has 1 fully saturated rings. The lowest BCUT2D eigenvalue weighted by Crippen LogP contribution is -2.50. The van der Waals surface area contributed by atoms with Crippen LogP contribution in [0.2, 0.25) is 0 Å². The third-order valence-electron chi connectivity index (χ3n) is 4.38. The van der Waals surface area contributed by atoms with Gasteiger partial charge in [-0.05, 0) is 51.9 Å². The average Bonchev–Trinajstić information content (AvgIpc) is 2.29. The first-order valence-electron chi connectivity index (χ1n) is 7.31. The molecule has 0 aromatic heterocycles. The molecule has 1 aliphatic carbocycles. The predicted molar refractivity (Wildman–Crippen MR) is 72.0 cm³/mol. The number of hydrogen-bond acceptors (Lipinski definition) is 2. The topological polar surface area (TPSA) is 35.2 Å². The number of allylic oxidation sites excluding steroid dienone is 1. The Morgan fingerprint density at radius 3 is 2.76 bits per heavy atom. The quantitative estimate of drug-likeness (QED) is 0.745. The minimum absolute atomic E-state index is 0.108. The first-order valence-corrected chi connectivity index (χ1v) is 7.31. The zero-order valence-electron chi connectivity index (χ0n) is 11.2. The molecule has 2 N–H and O–H groups in total. The zero-order valence-corrected chi connectivity index (χ0v) is 11.2. The van der Waals surface area contributed by atoms with Crippen LogP contribution in [-0.2, 0) is 4.74 Å². The van der Waals surface area contributed by atoms with Crippen molar-refractivity contribution in [2.45, 2.75) is 76.4 Å². The number of hydrogen-bond donors (Lipinski definition) is 1. The van der Waals surface area contributed by atoms with Crippen molar-refractivity contribution in [1.29, 1.82) is 0 Å². The molecule has 17 heavy (non-hydrogen) atoms. The van der Waals surface area contributed by atoms with Crippen LogP contribution >= 0.6 is 0 Å². The Bertz CT molecular complexity index is 266. The number of ether oxygens (including phenoxy) is 1. The molecular weight excluding hydrogens is 210 g/mol. The highest BCUT2D eigenvalue weighted by Crippen LogP contribution is 2.32. The molecule has 0 amide bonds. The molecule has 0 aromatic carbocycles. The van der Waals surface area contributed by atoms with E-state index in [1.807, 2.05) is 0 Å². The highest BCUT2D eigenvalue weighted by atomic mass is 16.5. The first-order chi connectivity index (χ1) is 8.22. The summed E-state index contributed by atoms with van der Waals surface area (Å²) in [6, 6.07) is 0.112. The van der Waals surface area contributed by atoms with Gasteiger partial charge in [0, 0.05) is 6.61 Å². The summed E-state index contributed by atoms with van der Waals surface area (Å²) >= 11 is 0. The van der Waals surface area contributed by atoms with Crippen LogP contribution in [0.3, 0.4) is 0 Å². The van der Waals surface area contributed by atoms with Crippen LogP contribution in [0.1, 0.15) is 64.7 Å². The van der Waals surface area contributed by atoms with Crippen molar-refractivity contribution < 1.29 is 4.74 Å². The van der Waals surface area contributed by atoms with Crippen molar-refractivity contribution >= 4 is 0 Å². The second-order valence-electron chi connectivity index (χ2n) is 5.83. The van der Waals surface area contributed by atoms with E-state index in [1.54, 1.807) is 0 Å². The van der Waals surface area contributed by atoms with Crippen molar-refractivity contribution in [3.8, 4) is 0 Å². The van der Waals surface area contributed by atoms with Gasteiger partial charge in [0.2, 0.25) is 0 Å². The maximum absolute atomic E-state index is 6.48. The maximum atomic E-state index is 6.48. The van der Waals surface area contributed by atoms with Crippen molar-refractivity contribution in [1.82, 2.24) is 0 Å². The fourth-order valence-corrected chi connectivity index (χ4v) is 3.09. The van der Waals surface area contributed by atoms with Gasteiger partial charge in [-0.2, -0.15) is 0 Å². The second kappa shape index (κ2) is 6.01. The fourth-order valence-electron chi connectivity index (χ4n) is 3.09. The van der Waals surface area contributed by atoms with Crippen molar-refractivity contribution in [3.05, 3.63) is 11.6 Å². The maximum Gasteiger partial charge on any atom is 0.0842 e. The molecule has 2 rings (SSSR count). The molecule has 1 heterocycles. The van der Waals surface area contributed by atoms with Crippen LogP contribution in [0, 0.1) is 0 Å². The summed E-state index contributed by atoms with van der Waals surface area (Å²) < 4.78 is 5.99. The van der Waals surface area contributed by atoms with Gasteiger partial charge in [0.1, 0.15) is 0 Å². The van der Waals surface area contributed by atoms with Gasteiger partial charge in [-0.25, -0.2) is 0 Å². The molecule has 2 nitrogen and oxygen atoms in total. The van der Waals surface area contributed by atoms with Gasteiger partial charge in [0.25, 0.3) is 0 Å². The summed E-state index contributed by atoms with van der Waals surface area (Å²) in [6.07, 6.45) is 13.7. The van der Waals surface area contributed by atoms with Gasteiger partial charge >= 0.3 is 0 Å². The average molecular weight is 237 g/mol. The Hall–Kier alpha value is -0.340. The molecule has 2 unspecified atom stereocenters. The van der Waals surface area contributed by atoms with Crippen LogP contribution in [0.4, 0.5) is 0 Å². The molecule has 0 radical (unpaired) electrons. The summed E-state index contributed by atoms with van der Waals surface area (Å²) in [5, 5.41) is 0.